The molecule has 1 aliphatic carbocycles. The first-order chi connectivity index (χ1) is 6.90. The van der Waals surface area contributed by atoms with Crippen molar-refractivity contribution in [1.29, 1.82) is 0 Å². The van der Waals surface area contributed by atoms with Crippen LogP contribution in [0.25, 0.3) is 0 Å². The lowest BCUT2D eigenvalue weighted by molar-refractivity contribution is -0.140. The number of nitrogens with zero attached hydrogens (tertiary/aromatic N) is 1. The van der Waals surface area contributed by atoms with Gasteiger partial charge >= 0.3 is 5.97 Å². The first kappa shape index (κ1) is 12.0. The zero-order valence-corrected chi connectivity index (χ0v) is 9.62. The third-order valence-corrected chi connectivity index (χ3v) is 3.33. The molecular formula is C11H19NO3. The SMILES string of the molecule is CC(C)C1(C(=O)N(C)CCC(=O)O)CC1. The molecule has 0 spiro atoms. The Labute approximate surface area is 90.3 Å². The third kappa shape index (κ3) is 2.49. The van der Waals surface area contributed by atoms with E-state index in [4.69, 9.17) is 5.11 Å². The topological polar surface area (TPSA) is 57.6 Å². The molecule has 0 radical (unpaired) electrons. The summed E-state index contributed by atoms with van der Waals surface area (Å²) < 4.78 is 0. The van der Waals surface area contributed by atoms with E-state index in [0.29, 0.717) is 12.5 Å². The highest BCUT2D eigenvalue weighted by Gasteiger charge is 2.53. The van der Waals surface area contributed by atoms with E-state index in [9.17, 15) is 9.59 Å². The van der Waals surface area contributed by atoms with Crippen LogP contribution >= 0.6 is 0 Å². The van der Waals surface area contributed by atoms with E-state index in [1.807, 2.05) is 0 Å². The van der Waals surface area contributed by atoms with Gasteiger partial charge in [0.2, 0.25) is 5.91 Å². The molecule has 1 fully saturated rings. The molecular weight excluding hydrogens is 194 g/mol. The second-order valence-corrected chi connectivity index (χ2v) is 4.68. The number of rotatable bonds is 5. The monoisotopic (exact) mass is 213 g/mol. The number of carbonyl (C=O) groups excluding carboxylic acids is 1. The van der Waals surface area contributed by atoms with Gasteiger partial charge < -0.3 is 10.0 Å². The summed E-state index contributed by atoms with van der Waals surface area (Å²) in [7, 11) is 1.69. The maximum absolute atomic E-state index is 12.0. The van der Waals surface area contributed by atoms with Gasteiger partial charge in [-0.25, -0.2) is 0 Å². The summed E-state index contributed by atoms with van der Waals surface area (Å²) >= 11 is 0. The summed E-state index contributed by atoms with van der Waals surface area (Å²) in [5.74, 6) is -0.403. The van der Waals surface area contributed by atoms with Crippen molar-refractivity contribution in [2.45, 2.75) is 33.1 Å². The van der Waals surface area contributed by atoms with Crippen molar-refractivity contribution in [3.63, 3.8) is 0 Å². The molecule has 4 heteroatoms. The molecule has 4 nitrogen and oxygen atoms in total. The standard InChI is InChI=1S/C11H19NO3/c1-8(2)11(5-6-11)10(15)12(3)7-4-9(13)14/h8H,4-7H2,1-3H3,(H,13,14). The first-order valence-electron chi connectivity index (χ1n) is 5.37. The lowest BCUT2D eigenvalue weighted by atomic mass is 9.91. The van der Waals surface area contributed by atoms with Crippen LogP contribution in [0.15, 0.2) is 0 Å². The molecule has 0 bridgehead atoms. The van der Waals surface area contributed by atoms with Crippen LogP contribution in [0.3, 0.4) is 0 Å². The zero-order chi connectivity index (χ0) is 11.6. The van der Waals surface area contributed by atoms with Gasteiger partial charge in [-0.1, -0.05) is 13.8 Å². The Balaban J connectivity index is 2.50. The molecule has 0 aliphatic heterocycles. The minimum Gasteiger partial charge on any atom is -0.481 e. The molecule has 0 atom stereocenters. The van der Waals surface area contributed by atoms with Gasteiger partial charge in [0.25, 0.3) is 0 Å². The van der Waals surface area contributed by atoms with Crippen LogP contribution in [0.2, 0.25) is 0 Å². The van der Waals surface area contributed by atoms with E-state index in [1.165, 1.54) is 0 Å². The van der Waals surface area contributed by atoms with E-state index in [0.717, 1.165) is 12.8 Å². The van der Waals surface area contributed by atoms with Crippen LogP contribution in [-0.2, 0) is 9.59 Å². The van der Waals surface area contributed by atoms with Gasteiger partial charge in [-0.05, 0) is 18.8 Å². The largest absolute Gasteiger partial charge is 0.481 e. The van der Waals surface area contributed by atoms with Crippen LogP contribution < -0.4 is 0 Å². The summed E-state index contributed by atoms with van der Waals surface area (Å²) in [6, 6.07) is 0. The van der Waals surface area contributed by atoms with Gasteiger partial charge in [-0.2, -0.15) is 0 Å². The van der Waals surface area contributed by atoms with Crippen molar-refractivity contribution < 1.29 is 14.7 Å². The van der Waals surface area contributed by atoms with Crippen molar-refractivity contribution in [2.75, 3.05) is 13.6 Å². The Kier molecular flexibility index (Phi) is 3.37. The molecule has 0 saturated heterocycles. The van der Waals surface area contributed by atoms with Crippen molar-refractivity contribution in [3.05, 3.63) is 0 Å². The van der Waals surface area contributed by atoms with E-state index in [1.54, 1.807) is 11.9 Å². The molecule has 1 N–H and O–H groups in total. The number of amides is 1. The van der Waals surface area contributed by atoms with Crippen LogP contribution in [0.4, 0.5) is 0 Å². The Hall–Kier alpha value is -1.06. The lowest BCUT2D eigenvalue weighted by Gasteiger charge is -2.25. The maximum Gasteiger partial charge on any atom is 0.305 e. The second kappa shape index (κ2) is 4.21. The summed E-state index contributed by atoms with van der Waals surface area (Å²) in [6.07, 6.45) is 1.91. The highest BCUT2D eigenvalue weighted by molar-refractivity contribution is 5.85. The number of aliphatic carboxylic acids is 1. The Morgan fingerprint density at radius 3 is 2.27 bits per heavy atom. The predicted octanol–water partition coefficient (Wildman–Crippen LogP) is 1.36. The fourth-order valence-corrected chi connectivity index (χ4v) is 1.92. The molecule has 0 aromatic rings. The summed E-state index contributed by atoms with van der Waals surface area (Å²) in [5.41, 5.74) is -0.187. The molecule has 0 aromatic carbocycles. The van der Waals surface area contributed by atoms with E-state index >= 15 is 0 Å². The lowest BCUT2D eigenvalue weighted by Crippen LogP contribution is -2.37. The van der Waals surface area contributed by atoms with Gasteiger partial charge in [0, 0.05) is 13.6 Å². The van der Waals surface area contributed by atoms with Gasteiger partial charge in [0.05, 0.1) is 11.8 Å². The van der Waals surface area contributed by atoms with Gasteiger partial charge in [0.15, 0.2) is 0 Å². The van der Waals surface area contributed by atoms with Crippen LogP contribution in [0.1, 0.15) is 33.1 Å². The number of carbonyl (C=O) groups is 2. The molecule has 0 heterocycles. The quantitative estimate of drug-likeness (QED) is 0.750. The minimum absolute atomic E-state index is 0.0242. The highest BCUT2D eigenvalue weighted by Crippen LogP contribution is 2.52. The molecule has 0 aromatic heterocycles. The number of carboxylic acid groups (broad SMARTS) is 1. The average molecular weight is 213 g/mol. The van der Waals surface area contributed by atoms with E-state index < -0.39 is 5.97 Å². The fraction of sp³-hybridized carbons (Fsp3) is 0.818. The fourth-order valence-electron chi connectivity index (χ4n) is 1.92. The van der Waals surface area contributed by atoms with Gasteiger partial charge in [-0.15, -0.1) is 0 Å². The zero-order valence-electron chi connectivity index (χ0n) is 9.62. The van der Waals surface area contributed by atoms with E-state index in [2.05, 4.69) is 13.8 Å². The van der Waals surface area contributed by atoms with Crippen LogP contribution in [-0.4, -0.2) is 35.5 Å². The third-order valence-electron chi connectivity index (χ3n) is 3.33. The van der Waals surface area contributed by atoms with Crippen molar-refractivity contribution in [3.8, 4) is 0 Å². The highest BCUT2D eigenvalue weighted by atomic mass is 16.4. The molecule has 15 heavy (non-hydrogen) atoms. The average Bonchev–Trinajstić information content (AvgIpc) is 2.93. The Bertz CT molecular complexity index is 269. The summed E-state index contributed by atoms with van der Waals surface area (Å²) in [4.78, 5) is 24.0. The second-order valence-electron chi connectivity index (χ2n) is 4.68. The number of hydrogen-bond donors (Lipinski definition) is 1. The molecule has 0 unspecified atom stereocenters. The molecule has 1 amide bonds. The molecule has 86 valence electrons. The van der Waals surface area contributed by atoms with Crippen molar-refractivity contribution in [2.24, 2.45) is 11.3 Å². The van der Waals surface area contributed by atoms with Crippen LogP contribution in [0.5, 0.6) is 0 Å². The maximum atomic E-state index is 12.0. The Morgan fingerprint density at radius 2 is 1.93 bits per heavy atom. The van der Waals surface area contributed by atoms with E-state index in [-0.39, 0.29) is 17.7 Å². The van der Waals surface area contributed by atoms with Crippen molar-refractivity contribution >= 4 is 11.9 Å². The Morgan fingerprint density at radius 1 is 1.40 bits per heavy atom. The van der Waals surface area contributed by atoms with Gasteiger partial charge in [-0.3, -0.25) is 9.59 Å². The normalized spacial score (nSPS) is 17.6. The first-order valence-corrected chi connectivity index (χ1v) is 5.37. The predicted molar refractivity (Wildman–Crippen MR) is 56.4 cm³/mol. The smallest absolute Gasteiger partial charge is 0.305 e. The minimum atomic E-state index is -0.857. The molecule has 1 aliphatic rings. The van der Waals surface area contributed by atoms with Crippen molar-refractivity contribution in [1.82, 2.24) is 4.90 Å². The van der Waals surface area contributed by atoms with Gasteiger partial charge in [0.1, 0.15) is 0 Å². The number of carboxylic acids is 1. The summed E-state index contributed by atoms with van der Waals surface area (Å²) in [6.45, 7) is 4.41. The molecule has 1 rings (SSSR count). The number of hydrogen-bond acceptors (Lipinski definition) is 2. The molecule has 1 saturated carbocycles. The van der Waals surface area contributed by atoms with Crippen LogP contribution in [0, 0.1) is 11.3 Å². The summed E-state index contributed by atoms with van der Waals surface area (Å²) in [5, 5.41) is 8.53.